The summed E-state index contributed by atoms with van der Waals surface area (Å²) < 4.78 is 38.5. The number of sulfonamides is 1. The number of amides is 1. The Morgan fingerprint density at radius 2 is 1.87 bits per heavy atom. The Kier molecular flexibility index (Phi) is 7.78. The Labute approximate surface area is 199 Å². The summed E-state index contributed by atoms with van der Waals surface area (Å²) in [7, 11) is -0.740. The van der Waals surface area contributed by atoms with Gasteiger partial charge in [-0.05, 0) is 71.8 Å². The Bertz CT molecular complexity index is 1090. The van der Waals surface area contributed by atoms with Crippen LogP contribution in [0.4, 0.5) is 0 Å². The smallest absolute Gasteiger partial charge is 0.258 e. The molecule has 3 rings (SSSR count). The number of halogens is 2. The molecule has 1 saturated heterocycles. The van der Waals surface area contributed by atoms with Gasteiger partial charge in [0.15, 0.2) is 11.5 Å². The molecule has 1 fully saturated rings. The van der Waals surface area contributed by atoms with Crippen LogP contribution in [0.25, 0.3) is 0 Å². The van der Waals surface area contributed by atoms with E-state index in [0.29, 0.717) is 29.4 Å². The van der Waals surface area contributed by atoms with Crippen molar-refractivity contribution in [2.45, 2.75) is 23.8 Å². The van der Waals surface area contributed by atoms with Gasteiger partial charge in [-0.15, -0.1) is 0 Å². The van der Waals surface area contributed by atoms with Crippen LogP contribution in [0.5, 0.6) is 11.5 Å². The van der Waals surface area contributed by atoms with E-state index in [0.717, 1.165) is 9.13 Å². The molecule has 1 amide bonds. The highest BCUT2D eigenvalue weighted by Crippen LogP contribution is 2.31. The largest absolute Gasteiger partial charge is 0.493 e. The number of methoxy groups -OCH3 is 2. The molecule has 1 atom stereocenters. The number of carbonyl (C=O) groups is 1. The SMILES string of the molecule is COc1cc(I)c(/C=N\NC(=O)[C@@H]2CCCN2S(=O)(=O)c2ccc(Cl)cc2)cc1OC. The van der Waals surface area contributed by atoms with Crippen molar-refractivity contribution in [3.8, 4) is 11.5 Å². The minimum Gasteiger partial charge on any atom is -0.493 e. The third-order valence-electron chi connectivity index (χ3n) is 4.81. The van der Waals surface area contributed by atoms with E-state index in [9.17, 15) is 13.2 Å². The maximum absolute atomic E-state index is 13.0. The monoisotopic (exact) mass is 577 g/mol. The van der Waals surface area contributed by atoms with Crippen molar-refractivity contribution in [2.75, 3.05) is 20.8 Å². The summed E-state index contributed by atoms with van der Waals surface area (Å²) >= 11 is 7.98. The van der Waals surface area contributed by atoms with Crippen molar-refractivity contribution in [3.05, 3.63) is 50.6 Å². The standard InChI is InChI=1S/C20H21ClIN3O5S/c1-29-18-10-13(16(22)11-19(18)30-2)12-23-24-20(26)17-4-3-9-25(17)31(27,28)15-7-5-14(21)6-8-15/h5-8,10-12,17H,3-4,9H2,1-2H3,(H,24,26)/b23-12-/t17-/m0/s1. The second kappa shape index (κ2) is 10.2. The lowest BCUT2D eigenvalue weighted by Crippen LogP contribution is -2.44. The maximum atomic E-state index is 13.0. The summed E-state index contributed by atoms with van der Waals surface area (Å²) in [6, 6.07) is 8.58. The lowest BCUT2D eigenvalue weighted by Gasteiger charge is -2.22. The Balaban J connectivity index is 1.73. The molecule has 31 heavy (non-hydrogen) atoms. The zero-order chi connectivity index (χ0) is 22.6. The third kappa shape index (κ3) is 5.30. The van der Waals surface area contributed by atoms with Gasteiger partial charge in [-0.25, -0.2) is 13.8 Å². The first-order valence-corrected chi connectivity index (χ1v) is 12.2. The number of rotatable bonds is 7. The number of benzene rings is 2. The Morgan fingerprint density at radius 3 is 2.52 bits per heavy atom. The fourth-order valence-corrected chi connectivity index (χ4v) is 5.60. The van der Waals surface area contributed by atoms with Gasteiger partial charge >= 0.3 is 0 Å². The first kappa shape index (κ1) is 23.8. The molecule has 1 N–H and O–H groups in total. The van der Waals surface area contributed by atoms with Crippen molar-refractivity contribution in [1.82, 2.24) is 9.73 Å². The van der Waals surface area contributed by atoms with Gasteiger partial charge in [0, 0.05) is 20.7 Å². The number of hydrogen-bond acceptors (Lipinski definition) is 6. The van der Waals surface area contributed by atoms with Gasteiger partial charge in [0.05, 0.1) is 25.3 Å². The van der Waals surface area contributed by atoms with Crippen LogP contribution in [0.2, 0.25) is 5.02 Å². The molecule has 1 heterocycles. The van der Waals surface area contributed by atoms with E-state index in [1.807, 2.05) is 0 Å². The van der Waals surface area contributed by atoms with Gasteiger partial charge in [0.1, 0.15) is 6.04 Å². The molecule has 0 bridgehead atoms. The van der Waals surface area contributed by atoms with Crippen LogP contribution in [0, 0.1) is 3.57 Å². The molecule has 1 aliphatic heterocycles. The molecule has 11 heteroatoms. The van der Waals surface area contributed by atoms with Crippen molar-refractivity contribution in [1.29, 1.82) is 0 Å². The average Bonchev–Trinajstić information content (AvgIpc) is 3.26. The van der Waals surface area contributed by atoms with Crippen molar-refractivity contribution in [2.24, 2.45) is 5.10 Å². The summed E-state index contributed by atoms with van der Waals surface area (Å²) in [5.41, 5.74) is 3.18. The lowest BCUT2D eigenvalue weighted by molar-refractivity contribution is -0.124. The van der Waals surface area contributed by atoms with Gasteiger partial charge in [0.25, 0.3) is 5.91 Å². The van der Waals surface area contributed by atoms with E-state index in [2.05, 4.69) is 33.1 Å². The van der Waals surface area contributed by atoms with E-state index in [4.69, 9.17) is 21.1 Å². The lowest BCUT2D eigenvalue weighted by atomic mass is 10.2. The van der Waals surface area contributed by atoms with Crippen LogP contribution in [-0.2, 0) is 14.8 Å². The normalized spacial score (nSPS) is 17.1. The second-order valence-electron chi connectivity index (χ2n) is 6.69. The van der Waals surface area contributed by atoms with Crippen molar-refractivity contribution in [3.63, 3.8) is 0 Å². The van der Waals surface area contributed by atoms with E-state index >= 15 is 0 Å². The minimum atomic E-state index is -3.82. The number of hydrogen-bond donors (Lipinski definition) is 1. The molecule has 166 valence electrons. The Morgan fingerprint density at radius 1 is 1.23 bits per heavy atom. The van der Waals surface area contributed by atoms with Crippen LogP contribution < -0.4 is 14.9 Å². The van der Waals surface area contributed by atoms with E-state index in [-0.39, 0.29) is 11.4 Å². The molecule has 0 aliphatic carbocycles. The molecule has 0 radical (unpaired) electrons. The summed E-state index contributed by atoms with van der Waals surface area (Å²) in [6.45, 7) is 0.264. The minimum absolute atomic E-state index is 0.0972. The first-order chi connectivity index (χ1) is 14.8. The van der Waals surface area contributed by atoms with Crippen LogP contribution in [0.1, 0.15) is 18.4 Å². The van der Waals surface area contributed by atoms with Gasteiger partial charge < -0.3 is 9.47 Å². The van der Waals surface area contributed by atoms with Gasteiger partial charge in [0.2, 0.25) is 10.0 Å². The van der Waals surface area contributed by atoms with E-state index < -0.39 is 22.0 Å². The molecule has 2 aromatic carbocycles. The van der Waals surface area contributed by atoms with Gasteiger partial charge in [-0.1, -0.05) is 11.6 Å². The predicted octanol–water partition coefficient (Wildman–Crippen LogP) is 3.27. The molecule has 2 aromatic rings. The van der Waals surface area contributed by atoms with Crippen molar-refractivity contribution < 1.29 is 22.7 Å². The highest BCUT2D eigenvalue weighted by Gasteiger charge is 2.39. The molecular formula is C20H21ClIN3O5S. The fraction of sp³-hybridized carbons (Fsp3) is 0.300. The van der Waals surface area contributed by atoms with Crippen LogP contribution in [-0.4, -0.2) is 51.7 Å². The molecule has 0 spiro atoms. The zero-order valence-electron chi connectivity index (χ0n) is 16.8. The second-order valence-corrected chi connectivity index (χ2v) is 10.2. The number of ether oxygens (including phenoxy) is 2. The van der Waals surface area contributed by atoms with Gasteiger partial charge in [-0.3, -0.25) is 4.79 Å². The maximum Gasteiger partial charge on any atom is 0.258 e. The fourth-order valence-electron chi connectivity index (χ4n) is 3.24. The summed E-state index contributed by atoms with van der Waals surface area (Å²) in [5.74, 6) is 0.635. The first-order valence-electron chi connectivity index (χ1n) is 9.29. The topological polar surface area (TPSA) is 97.3 Å². The molecule has 8 nitrogen and oxygen atoms in total. The van der Waals surface area contributed by atoms with Gasteiger partial charge in [-0.2, -0.15) is 9.41 Å². The van der Waals surface area contributed by atoms with Crippen LogP contribution in [0.3, 0.4) is 0 Å². The summed E-state index contributed by atoms with van der Waals surface area (Å²) in [5, 5.41) is 4.45. The van der Waals surface area contributed by atoms with Crippen LogP contribution >= 0.6 is 34.2 Å². The van der Waals surface area contributed by atoms with Crippen molar-refractivity contribution >= 4 is 56.3 Å². The molecule has 0 saturated carbocycles. The highest BCUT2D eigenvalue weighted by atomic mass is 127. The highest BCUT2D eigenvalue weighted by molar-refractivity contribution is 14.1. The average molecular weight is 578 g/mol. The number of nitrogens with one attached hydrogen (secondary N) is 1. The van der Waals surface area contributed by atoms with Crippen LogP contribution in [0.15, 0.2) is 46.4 Å². The molecule has 0 aromatic heterocycles. The predicted molar refractivity (Wildman–Crippen MR) is 126 cm³/mol. The van der Waals surface area contributed by atoms with E-state index in [1.54, 1.807) is 19.2 Å². The van der Waals surface area contributed by atoms with E-state index in [1.165, 1.54) is 41.9 Å². The summed E-state index contributed by atoms with van der Waals surface area (Å²) in [6.07, 6.45) is 2.49. The molecular weight excluding hydrogens is 557 g/mol. The number of carbonyl (C=O) groups excluding carboxylic acids is 1. The summed E-state index contributed by atoms with van der Waals surface area (Å²) in [4.78, 5) is 12.8. The zero-order valence-corrected chi connectivity index (χ0v) is 20.6. The number of nitrogens with zero attached hydrogens (tertiary/aromatic N) is 2. The Hall–Kier alpha value is -1.89. The quantitative estimate of drug-likeness (QED) is 0.310. The number of hydrazone groups is 1. The molecule has 1 aliphatic rings. The molecule has 0 unspecified atom stereocenters. The third-order valence-corrected chi connectivity index (χ3v) is 7.92.